The van der Waals surface area contributed by atoms with Crippen LogP contribution in [0.2, 0.25) is 0 Å². The Hall–Kier alpha value is -1.06. The molecule has 0 saturated heterocycles. The van der Waals surface area contributed by atoms with E-state index in [4.69, 9.17) is 14.6 Å². The van der Waals surface area contributed by atoms with Gasteiger partial charge in [-0.2, -0.15) is 0 Å². The number of ether oxygens (including phenoxy) is 2. The van der Waals surface area contributed by atoms with Gasteiger partial charge in [0.15, 0.2) is 0 Å². The highest BCUT2D eigenvalue weighted by Gasteiger charge is 2.09. The van der Waals surface area contributed by atoms with Crippen LogP contribution in [0, 0.1) is 6.92 Å². The monoisotopic (exact) mass is 196 g/mol. The molecule has 0 aliphatic heterocycles. The smallest absolute Gasteiger partial charge is 0.129 e. The maximum absolute atomic E-state index is 9.15. The van der Waals surface area contributed by atoms with Crippen molar-refractivity contribution in [3.8, 4) is 5.75 Å². The molecule has 0 aromatic heterocycles. The second-order valence-electron chi connectivity index (χ2n) is 3.21. The summed E-state index contributed by atoms with van der Waals surface area (Å²) in [6, 6.07) is 3.92. The molecule has 1 aromatic rings. The van der Waals surface area contributed by atoms with Gasteiger partial charge < -0.3 is 14.6 Å². The molecule has 0 saturated carbocycles. The maximum Gasteiger partial charge on any atom is 0.129 e. The molecule has 1 aromatic carbocycles. The number of methoxy groups -OCH3 is 2. The fourth-order valence-electron chi connectivity index (χ4n) is 1.57. The molecule has 0 heterocycles. The van der Waals surface area contributed by atoms with Crippen molar-refractivity contribution >= 4 is 0 Å². The van der Waals surface area contributed by atoms with Crippen LogP contribution in [-0.2, 0) is 18.0 Å². The van der Waals surface area contributed by atoms with Crippen molar-refractivity contribution in [1.82, 2.24) is 0 Å². The standard InChI is InChI=1S/C11H16O3/c1-8-4-9(6-12)11(14-3)10(5-8)7-13-2/h4-5,12H,6-7H2,1-3H3. The molecule has 0 aliphatic carbocycles. The quantitative estimate of drug-likeness (QED) is 0.795. The van der Waals surface area contributed by atoms with Crippen LogP contribution in [0.25, 0.3) is 0 Å². The van der Waals surface area contributed by atoms with Crippen LogP contribution < -0.4 is 4.74 Å². The van der Waals surface area contributed by atoms with Gasteiger partial charge in [0.1, 0.15) is 5.75 Å². The first-order valence-electron chi connectivity index (χ1n) is 4.49. The van der Waals surface area contributed by atoms with Crippen molar-refractivity contribution < 1.29 is 14.6 Å². The average molecular weight is 196 g/mol. The molecule has 0 radical (unpaired) electrons. The van der Waals surface area contributed by atoms with Crippen molar-refractivity contribution in [3.05, 3.63) is 28.8 Å². The van der Waals surface area contributed by atoms with Gasteiger partial charge >= 0.3 is 0 Å². The minimum atomic E-state index is -0.0123. The Bertz CT molecular complexity index is 308. The minimum Gasteiger partial charge on any atom is -0.496 e. The summed E-state index contributed by atoms with van der Waals surface area (Å²) in [5.74, 6) is 0.722. The third-order valence-corrected chi connectivity index (χ3v) is 2.06. The van der Waals surface area contributed by atoms with Gasteiger partial charge in [-0.1, -0.05) is 17.7 Å². The van der Waals surface area contributed by atoms with E-state index in [9.17, 15) is 0 Å². The topological polar surface area (TPSA) is 38.7 Å². The number of aryl methyl sites for hydroxylation is 1. The molecule has 14 heavy (non-hydrogen) atoms. The summed E-state index contributed by atoms with van der Waals surface area (Å²) in [6.45, 7) is 2.47. The second kappa shape index (κ2) is 4.98. The number of rotatable bonds is 4. The predicted molar refractivity (Wildman–Crippen MR) is 54.4 cm³/mol. The fourth-order valence-corrected chi connectivity index (χ4v) is 1.57. The maximum atomic E-state index is 9.15. The van der Waals surface area contributed by atoms with E-state index in [0.29, 0.717) is 6.61 Å². The van der Waals surface area contributed by atoms with Gasteiger partial charge in [0.05, 0.1) is 20.3 Å². The first kappa shape index (κ1) is 11.0. The summed E-state index contributed by atoms with van der Waals surface area (Å²) in [5, 5.41) is 9.15. The molecular weight excluding hydrogens is 180 g/mol. The molecule has 1 rings (SSSR count). The Morgan fingerprint density at radius 2 is 1.86 bits per heavy atom. The van der Waals surface area contributed by atoms with Crippen molar-refractivity contribution in [2.24, 2.45) is 0 Å². The summed E-state index contributed by atoms with van der Waals surface area (Å²) < 4.78 is 10.3. The molecule has 1 N–H and O–H groups in total. The molecule has 3 heteroatoms. The molecule has 0 bridgehead atoms. The van der Waals surface area contributed by atoms with Gasteiger partial charge in [0, 0.05) is 18.2 Å². The fraction of sp³-hybridized carbons (Fsp3) is 0.455. The normalized spacial score (nSPS) is 10.3. The average Bonchev–Trinajstić information content (AvgIpc) is 2.17. The summed E-state index contributed by atoms with van der Waals surface area (Å²) in [5.41, 5.74) is 2.88. The van der Waals surface area contributed by atoms with Gasteiger partial charge in [0.25, 0.3) is 0 Å². The van der Waals surface area contributed by atoms with E-state index in [-0.39, 0.29) is 6.61 Å². The van der Waals surface area contributed by atoms with Gasteiger partial charge in [0.2, 0.25) is 0 Å². The number of benzene rings is 1. The van der Waals surface area contributed by atoms with E-state index in [2.05, 4.69) is 0 Å². The number of aliphatic hydroxyl groups is 1. The Balaban J connectivity index is 3.17. The van der Waals surface area contributed by atoms with Gasteiger partial charge in [-0.15, -0.1) is 0 Å². The molecule has 78 valence electrons. The van der Waals surface area contributed by atoms with E-state index in [1.165, 1.54) is 0 Å². The van der Waals surface area contributed by atoms with Crippen LogP contribution in [0.1, 0.15) is 16.7 Å². The molecule has 0 aliphatic rings. The molecule has 0 unspecified atom stereocenters. The lowest BCUT2D eigenvalue weighted by atomic mass is 10.1. The SMILES string of the molecule is COCc1cc(C)cc(CO)c1OC. The second-order valence-corrected chi connectivity index (χ2v) is 3.21. The lowest BCUT2D eigenvalue weighted by Crippen LogP contribution is -1.99. The first-order valence-corrected chi connectivity index (χ1v) is 4.49. The third kappa shape index (κ3) is 2.25. The van der Waals surface area contributed by atoms with E-state index in [1.807, 2.05) is 19.1 Å². The van der Waals surface area contributed by atoms with Crippen molar-refractivity contribution in [2.75, 3.05) is 14.2 Å². The van der Waals surface area contributed by atoms with Crippen LogP contribution in [0.15, 0.2) is 12.1 Å². The van der Waals surface area contributed by atoms with Crippen LogP contribution in [-0.4, -0.2) is 19.3 Å². The highest BCUT2D eigenvalue weighted by molar-refractivity contribution is 5.43. The van der Waals surface area contributed by atoms with Gasteiger partial charge in [-0.25, -0.2) is 0 Å². The lowest BCUT2D eigenvalue weighted by molar-refractivity contribution is 0.180. The zero-order chi connectivity index (χ0) is 10.6. The zero-order valence-corrected chi connectivity index (χ0v) is 8.83. The van der Waals surface area contributed by atoms with Gasteiger partial charge in [-0.3, -0.25) is 0 Å². The number of aliphatic hydroxyl groups excluding tert-OH is 1. The summed E-state index contributed by atoms with van der Waals surface area (Å²) in [6.07, 6.45) is 0. The van der Waals surface area contributed by atoms with E-state index < -0.39 is 0 Å². The van der Waals surface area contributed by atoms with Crippen LogP contribution in [0.3, 0.4) is 0 Å². The van der Waals surface area contributed by atoms with E-state index in [0.717, 1.165) is 22.4 Å². The summed E-state index contributed by atoms with van der Waals surface area (Å²) >= 11 is 0. The number of hydrogen-bond acceptors (Lipinski definition) is 3. The predicted octanol–water partition coefficient (Wildman–Crippen LogP) is 1.64. The summed E-state index contributed by atoms with van der Waals surface area (Å²) in [7, 11) is 3.24. The highest BCUT2D eigenvalue weighted by atomic mass is 16.5. The van der Waals surface area contributed by atoms with E-state index >= 15 is 0 Å². The molecule has 0 fully saturated rings. The Morgan fingerprint density at radius 1 is 1.21 bits per heavy atom. The zero-order valence-electron chi connectivity index (χ0n) is 8.83. The molecule has 0 atom stereocenters. The van der Waals surface area contributed by atoms with Crippen molar-refractivity contribution in [2.45, 2.75) is 20.1 Å². The minimum absolute atomic E-state index is 0.0123. The van der Waals surface area contributed by atoms with Crippen LogP contribution in [0.5, 0.6) is 5.75 Å². The Morgan fingerprint density at radius 3 is 2.36 bits per heavy atom. The van der Waals surface area contributed by atoms with Crippen molar-refractivity contribution in [1.29, 1.82) is 0 Å². The largest absolute Gasteiger partial charge is 0.496 e. The van der Waals surface area contributed by atoms with Gasteiger partial charge in [-0.05, 0) is 6.92 Å². The van der Waals surface area contributed by atoms with Crippen LogP contribution in [0.4, 0.5) is 0 Å². The summed E-state index contributed by atoms with van der Waals surface area (Å²) in [4.78, 5) is 0. The first-order chi connectivity index (χ1) is 6.72. The Labute approximate surface area is 84.3 Å². The van der Waals surface area contributed by atoms with Crippen LogP contribution >= 0.6 is 0 Å². The highest BCUT2D eigenvalue weighted by Crippen LogP contribution is 2.26. The molecule has 0 amide bonds. The van der Waals surface area contributed by atoms with E-state index in [1.54, 1.807) is 14.2 Å². The molecular formula is C11H16O3. The Kier molecular flexibility index (Phi) is 3.92. The third-order valence-electron chi connectivity index (χ3n) is 2.06. The lowest BCUT2D eigenvalue weighted by Gasteiger charge is -2.13. The van der Waals surface area contributed by atoms with Crippen molar-refractivity contribution in [3.63, 3.8) is 0 Å². The number of hydrogen-bond donors (Lipinski definition) is 1. The molecule has 0 spiro atoms. The molecule has 3 nitrogen and oxygen atoms in total.